The van der Waals surface area contributed by atoms with Crippen LogP contribution in [0.4, 0.5) is 4.39 Å². The van der Waals surface area contributed by atoms with Gasteiger partial charge >= 0.3 is 0 Å². The van der Waals surface area contributed by atoms with Crippen molar-refractivity contribution in [1.82, 2.24) is 9.62 Å². The number of hydrogen-bond donors (Lipinski definition) is 1. The standard InChI is InChI=1S/C15H22ClFN2O3S/c1-22-7-6-19-5-4-12(10-19)9-18-23(20,21)11-13-2-3-14(16)8-15(13)17/h2-3,8,12,18H,4-7,9-11H2,1H3/t12-/m1/s1. The van der Waals surface area contributed by atoms with Gasteiger partial charge in [-0.3, -0.25) is 0 Å². The molecule has 0 aromatic heterocycles. The fourth-order valence-electron chi connectivity index (χ4n) is 2.64. The molecule has 130 valence electrons. The number of rotatable bonds is 8. The zero-order valence-electron chi connectivity index (χ0n) is 13.1. The predicted molar refractivity (Wildman–Crippen MR) is 88.5 cm³/mol. The third-order valence-corrected chi connectivity index (χ3v) is 5.47. The molecule has 5 nitrogen and oxygen atoms in total. The summed E-state index contributed by atoms with van der Waals surface area (Å²) >= 11 is 5.67. The second-order valence-electron chi connectivity index (χ2n) is 5.79. The van der Waals surface area contributed by atoms with E-state index in [1.165, 1.54) is 12.1 Å². The highest BCUT2D eigenvalue weighted by atomic mass is 35.5. The summed E-state index contributed by atoms with van der Waals surface area (Å²) in [6, 6.07) is 4.01. The Kier molecular flexibility index (Phi) is 6.79. The van der Waals surface area contributed by atoms with Gasteiger partial charge in [0.25, 0.3) is 0 Å². The molecule has 8 heteroatoms. The fourth-order valence-corrected chi connectivity index (χ4v) is 4.04. The van der Waals surface area contributed by atoms with Gasteiger partial charge in [-0.05, 0) is 31.0 Å². The van der Waals surface area contributed by atoms with Crippen LogP contribution in [0, 0.1) is 11.7 Å². The molecule has 0 amide bonds. The molecule has 1 heterocycles. The van der Waals surface area contributed by atoms with Gasteiger partial charge in [-0.15, -0.1) is 0 Å². The van der Waals surface area contributed by atoms with Gasteiger partial charge in [0.05, 0.1) is 12.4 Å². The molecule has 1 aromatic rings. The van der Waals surface area contributed by atoms with E-state index in [9.17, 15) is 12.8 Å². The maximum atomic E-state index is 13.7. The molecule has 0 aliphatic carbocycles. The van der Waals surface area contributed by atoms with Crippen LogP contribution in [-0.4, -0.2) is 53.2 Å². The summed E-state index contributed by atoms with van der Waals surface area (Å²) in [6.45, 7) is 3.70. The summed E-state index contributed by atoms with van der Waals surface area (Å²) in [5.41, 5.74) is 0.120. The number of benzene rings is 1. The molecule has 1 N–H and O–H groups in total. The van der Waals surface area contributed by atoms with E-state index < -0.39 is 15.8 Å². The molecular weight excluding hydrogens is 343 g/mol. The Morgan fingerprint density at radius 3 is 2.96 bits per heavy atom. The van der Waals surface area contributed by atoms with Crippen LogP contribution in [0.1, 0.15) is 12.0 Å². The number of likely N-dealkylation sites (tertiary alicyclic amines) is 1. The SMILES string of the molecule is COCCN1CC[C@H](CNS(=O)(=O)Cc2ccc(Cl)cc2F)C1. The minimum Gasteiger partial charge on any atom is -0.383 e. The van der Waals surface area contributed by atoms with Crippen LogP contribution in [0.15, 0.2) is 18.2 Å². The first kappa shape index (κ1) is 18.6. The lowest BCUT2D eigenvalue weighted by atomic mass is 10.1. The van der Waals surface area contributed by atoms with Gasteiger partial charge in [-0.1, -0.05) is 17.7 Å². The highest BCUT2D eigenvalue weighted by molar-refractivity contribution is 7.88. The van der Waals surface area contributed by atoms with Crippen LogP contribution in [0.25, 0.3) is 0 Å². The third-order valence-electron chi connectivity index (χ3n) is 3.93. The number of sulfonamides is 1. The van der Waals surface area contributed by atoms with Crippen molar-refractivity contribution in [2.75, 3.05) is 39.9 Å². The molecule has 1 aliphatic heterocycles. The minimum atomic E-state index is -3.57. The van der Waals surface area contributed by atoms with Crippen molar-refractivity contribution in [3.8, 4) is 0 Å². The number of methoxy groups -OCH3 is 1. The van der Waals surface area contributed by atoms with E-state index in [-0.39, 0.29) is 22.3 Å². The quantitative estimate of drug-likeness (QED) is 0.765. The maximum Gasteiger partial charge on any atom is 0.215 e. The molecule has 1 saturated heterocycles. The van der Waals surface area contributed by atoms with Crippen LogP contribution in [0.3, 0.4) is 0 Å². The largest absolute Gasteiger partial charge is 0.383 e. The van der Waals surface area contributed by atoms with Gasteiger partial charge in [0.2, 0.25) is 10.0 Å². The Balaban J connectivity index is 1.82. The summed E-state index contributed by atoms with van der Waals surface area (Å²) in [6.07, 6.45) is 0.946. The molecule has 0 radical (unpaired) electrons. The van der Waals surface area contributed by atoms with Crippen molar-refractivity contribution in [2.24, 2.45) is 5.92 Å². The first-order chi connectivity index (χ1) is 10.9. The Morgan fingerprint density at radius 2 is 2.26 bits per heavy atom. The highest BCUT2D eigenvalue weighted by Crippen LogP contribution is 2.18. The van der Waals surface area contributed by atoms with Crippen LogP contribution in [0.2, 0.25) is 5.02 Å². The lowest BCUT2D eigenvalue weighted by Gasteiger charge is -2.15. The molecule has 1 atom stereocenters. The van der Waals surface area contributed by atoms with E-state index in [4.69, 9.17) is 16.3 Å². The molecule has 0 saturated carbocycles. The Labute approximate surface area is 141 Å². The first-order valence-electron chi connectivity index (χ1n) is 7.52. The van der Waals surface area contributed by atoms with Gasteiger partial charge in [-0.2, -0.15) is 0 Å². The number of nitrogens with one attached hydrogen (secondary N) is 1. The predicted octanol–water partition coefficient (Wildman–Crippen LogP) is 1.87. The molecular formula is C15H22ClFN2O3S. The number of halogens is 2. The summed E-state index contributed by atoms with van der Waals surface area (Å²) in [7, 11) is -1.90. The van der Waals surface area contributed by atoms with Crippen molar-refractivity contribution in [3.05, 3.63) is 34.6 Å². The smallest absolute Gasteiger partial charge is 0.215 e. The van der Waals surface area contributed by atoms with Crippen LogP contribution in [0.5, 0.6) is 0 Å². The molecule has 1 aliphatic rings. The highest BCUT2D eigenvalue weighted by Gasteiger charge is 2.24. The average molecular weight is 365 g/mol. The zero-order valence-corrected chi connectivity index (χ0v) is 14.7. The van der Waals surface area contributed by atoms with Crippen molar-refractivity contribution in [1.29, 1.82) is 0 Å². The van der Waals surface area contributed by atoms with E-state index in [0.29, 0.717) is 13.2 Å². The monoisotopic (exact) mass is 364 g/mol. The lowest BCUT2D eigenvalue weighted by molar-refractivity contribution is 0.159. The summed E-state index contributed by atoms with van der Waals surface area (Å²) in [5, 5.41) is 0.249. The van der Waals surface area contributed by atoms with E-state index in [0.717, 1.165) is 32.1 Å². The summed E-state index contributed by atoms with van der Waals surface area (Å²) < 4.78 is 45.5. The summed E-state index contributed by atoms with van der Waals surface area (Å²) in [4.78, 5) is 2.25. The molecule has 0 bridgehead atoms. The van der Waals surface area contributed by atoms with Crippen LogP contribution in [-0.2, 0) is 20.5 Å². The maximum absolute atomic E-state index is 13.7. The van der Waals surface area contributed by atoms with Gasteiger partial charge in [-0.25, -0.2) is 17.5 Å². The topological polar surface area (TPSA) is 58.6 Å². The lowest BCUT2D eigenvalue weighted by Crippen LogP contribution is -2.32. The Morgan fingerprint density at radius 1 is 1.48 bits per heavy atom. The number of ether oxygens (including phenoxy) is 1. The van der Waals surface area contributed by atoms with Gasteiger partial charge in [0, 0.05) is 37.3 Å². The third kappa shape index (κ3) is 6.00. The number of hydrogen-bond acceptors (Lipinski definition) is 4. The van der Waals surface area contributed by atoms with Gasteiger partial charge in [0.1, 0.15) is 5.82 Å². The number of nitrogens with zero attached hydrogens (tertiary/aromatic N) is 1. The van der Waals surface area contributed by atoms with Crippen molar-refractivity contribution in [3.63, 3.8) is 0 Å². The average Bonchev–Trinajstić information content (AvgIpc) is 2.94. The van der Waals surface area contributed by atoms with Crippen LogP contribution < -0.4 is 4.72 Å². The molecule has 23 heavy (non-hydrogen) atoms. The van der Waals surface area contributed by atoms with Crippen LogP contribution >= 0.6 is 11.6 Å². The molecule has 1 aromatic carbocycles. The first-order valence-corrected chi connectivity index (χ1v) is 9.55. The Hall–Kier alpha value is -0.730. The molecule has 0 spiro atoms. The van der Waals surface area contributed by atoms with Gasteiger partial charge < -0.3 is 9.64 Å². The summed E-state index contributed by atoms with van der Waals surface area (Å²) in [5.74, 6) is -0.706. The van der Waals surface area contributed by atoms with E-state index in [1.54, 1.807) is 7.11 Å². The second-order valence-corrected chi connectivity index (χ2v) is 8.03. The minimum absolute atomic E-state index is 0.120. The van der Waals surface area contributed by atoms with E-state index in [1.807, 2.05) is 0 Å². The molecule has 0 unspecified atom stereocenters. The zero-order chi connectivity index (χ0) is 16.9. The van der Waals surface area contributed by atoms with E-state index in [2.05, 4.69) is 9.62 Å². The normalized spacial score (nSPS) is 19.3. The molecule has 2 rings (SSSR count). The second kappa shape index (κ2) is 8.39. The van der Waals surface area contributed by atoms with Crippen molar-refractivity contribution >= 4 is 21.6 Å². The van der Waals surface area contributed by atoms with Gasteiger partial charge in [0.15, 0.2) is 0 Å². The molecule has 1 fully saturated rings. The van der Waals surface area contributed by atoms with E-state index >= 15 is 0 Å². The van der Waals surface area contributed by atoms with Crippen molar-refractivity contribution < 1.29 is 17.5 Å². The van der Waals surface area contributed by atoms with Crippen molar-refractivity contribution in [2.45, 2.75) is 12.2 Å². The Bertz CT molecular complexity index is 627. The fraction of sp³-hybridized carbons (Fsp3) is 0.600.